The molecule has 0 aromatic heterocycles. The van der Waals surface area contributed by atoms with Crippen molar-refractivity contribution in [3.05, 3.63) is 62.5 Å². The fraction of sp³-hybridized carbons (Fsp3) is 0.391. The molecule has 1 unspecified atom stereocenters. The van der Waals surface area contributed by atoms with E-state index in [1.807, 2.05) is 20.8 Å². The quantitative estimate of drug-likeness (QED) is 0.474. The van der Waals surface area contributed by atoms with E-state index in [4.69, 9.17) is 23.2 Å². The van der Waals surface area contributed by atoms with E-state index in [2.05, 4.69) is 21.2 Å². The molecule has 0 fully saturated rings. The number of anilines is 1. The second-order valence-corrected chi connectivity index (χ2v) is 12.6. The van der Waals surface area contributed by atoms with E-state index in [9.17, 15) is 18.0 Å². The predicted molar refractivity (Wildman–Crippen MR) is 141 cm³/mol. The molecule has 0 bridgehead atoms. The molecule has 0 radical (unpaired) electrons. The molecule has 1 N–H and O–H groups in total. The molecular formula is C23H28BrCl2N3O4S. The van der Waals surface area contributed by atoms with E-state index in [-0.39, 0.29) is 12.5 Å². The Kier molecular flexibility index (Phi) is 9.44. The van der Waals surface area contributed by atoms with Gasteiger partial charge in [-0.1, -0.05) is 51.3 Å². The Hall–Kier alpha value is -1.81. The number of nitrogens with zero attached hydrogens (tertiary/aromatic N) is 2. The van der Waals surface area contributed by atoms with Gasteiger partial charge in [0.25, 0.3) is 0 Å². The monoisotopic (exact) mass is 591 g/mol. The van der Waals surface area contributed by atoms with Crippen LogP contribution in [0.2, 0.25) is 10.0 Å². The smallest absolute Gasteiger partial charge is 0.244 e. The van der Waals surface area contributed by atoms with Gasteiger partial charge in [-0.05, 0) is 63.6 Å². The van der Waals surface area contributed by atoms with E-state index in [0.29, 0.717) is 25.8 Å². The van der Waals surface area contributed by atoms with Crippen molar-refractivity contribution >= 4 is 66.7 Å². The van der Waals surface area contributed by atoms with Gasteiger partial charge in [0.05, 0.1) is 22.0 Å². The summed E-state index contributed by atoms with van der Waals surface area (Å²) in [5.74, 6) is -0.915. The largest absolute Gasteiger partial charge is 0.350 e. The van der Waals surface area contributed by atoms with Crippen LogP contribution in [0.5, 0.6) is 0 Å². The third kappa shape index (κ3) is 8.15. The molecular weight excluding hydrogens is 565 g/mol. The highest BCUT2D eigenvalue weighted by atomic mass is 79.9. The molecule has 0 saturated heterocycles. The summed E-state index contributed by atoms with van der Waals surface area (Å²) in [5.41, 5.74) is 0.455. The van der Waals surface area contributed by atoms with Crippen LogP contribution in [-0.2, 0) is 26.2 Å². The molecule has 0 aliphatic heterocycles. The lowest BCUT2D eigenvalue weighted by Gasteiger charge is -2.33. The van der Waals surface area contributed by atoms with Gasteiger partial charge in [0.2, 0.25) is 21.8 Å². The maximum atomic E-state index is 13.5. The minimum Gasteiger partial charge on any atom is -0.350 e. The van der Waals surface area contributed by atoms with Crippen molar-refractivity contribution in [2.45, 2.75) is 45.8 Å². The molecule has 0 spiro atoms. The Morgan fingerprint density at radius 3 is 2.26 bits per heavy atom. The van der Waals surface area contributed by atoms with Gasteiger partial charge in [0, 0.05) is 16.6 Å². The van der Waals surface area contributed by atoms with Crippen LogP contribution in [-0.4, -0.2) is 49.5 Å². The Balaban J connectivity index is 2.43. The van der Waals surface area contributed by atoms with Gasteiger partial charge >= 0.3 is 0 Å². The lowest BCUT2D eigenvalue weighted by Crippen LogP contribution is -2.54. The van der Waals surface area contributed by atoms with Crippen LogP contribution in [0.3, 0.4) is 0 Å². The summed E-state index contributed by atoms with van der Waals surface area (Å²) < 4.78 is 26.8. The molecule has 2 amide bonds. The molecule has 2 aromatic carbocycles. The molecule has 11 heteroatoms. The minimum atomic E-state index is -3.80. The zero-order valence-corrected chi connectivity index (χ0v) is 23.5. The summed E-state index contributed by atoms with van der Waals surface area (Å²) in [4.78, 5) is 27.7. The van der Waals surface area contributed by atoms with Gasteiger partial charge in [-0.25, -0.2) is 8.42 Å². The summed E-state index contributed by atoms with van der Waals surface area (Å²) in [6, 6.07) is 10.7. The SMILES string of the molecule is CC(C(=O)NC(C)(C)C)N(Cc1ccc(Cl)c(Cl)c1)C(=O)CN(c1cccc(Br)c1)S(C)(=O)=O. The van der Waals surface area contributed by atoms with Crippen LogP contribution in [0.25, 0.3) is 0 Å². The van der Waals surface area contributed by atoms with Crippen LogP contribution < -0.4 is 9.62 Å². The van der Waals surface area contributed by atoms with Crippen LogP contribution in [0, 0.1) is 0 Å². The molecule has 0 saturated carbocycles. The first-order valence-electron chi connectivity index (χ1n) is 10.4. The normalized spacial score (nSPS) is 12.7. The zero-order valence-electron chi connectivity index (χ0n) is 19.6. The van der Waals surface area contributed by atoms with Crippen molar-refractivity contribution in [2.24, 2.45) is 0 Å². The summed E-state index contributed by atoms with van der Waals surface area (Å²) in [6.45, 7) is 6.65. The van der Waals surface area contributed by atoms with E-state index >= 15 is 0 Å². The number of sulfonamides is 1. The number of carbonyl (C=O) groups excluding carboxylic acids is 2. The second kappa shape index (κ2) is 11.3. The summed E-state index contributed by atoms with van der Waals surface area (Å²) in [5, 5.41) is 3.54. The number of carbonyl (C=O) groups is 2. The van der Waals surface area contributed by atoms with Gasteiger partial charge < -0.3 is 10.2 Å². The first-order valence-corrected chi connectivity index (χ1v) is 13.8. The van der Waals surface area contributed by atoms with Gasteiger partial charge in [-0.3, -0.25) is 13.9 Å². The Bertz CT molecular complexity index is 1170. The van der Waals surface area contributed by atoms with Gasteiger partial charge in [-0.15, -0.1) is 0 Å². The first kappa shape index (κ1) is 28.4. The first-order chi connectivity index (χ1) is 15.6. The average molecular weight is 593 g/mol. The van der Waals surface area contributed by atoms with Crippen LogP contribution >= 0.6 is 39.1 Å². The minimum absolute atomic E-state index is 0.0323. The maximum absolute atomic E-state index is 13.5. The molecule has 7 nitrogen and oxygen atoms in total. The van der Waals surface area contributed by atoms with Crippen molar-refractivity contribution in [1.29, 1.82) is 0 Å². The zero-order chi connectivity index (χ0) is 25.8. The van der Waals surface area contributed by atoms with Crippen LogP contribution in [0.4, 0.5) is 5.69 Å². The van der Waals surface area contributed by atoms with Gasteiger partial charge in [0.1, 0.15) is 12.6 Å². The number of benzene rings is 2. The number of rotatable bonds is 8. The molecule has 2 aromatic rings. The highest BCUT2D eigenvalue weighted by Gasteiger charge is 2.31. The highest BCUT2D eigenvalue weighted by molar-refractivity contribution is 9.10. The Morgan fingerprint density at radius 1 is 1.09 bits per heavy atom. The van der Waals surface area contributed by atoms with E-state index < -0.39 is 34.1 Å². The lowest BCUT2D eigenvalue weighted by atomic mass is 10.1. The molecule has 34 heavy (non-hydrogen) atoms. The molecule has 2 rings (SSSR count). The number of hydrogen-bond donors (Lipinski definition) is 1. The standard InChI is InChI=1S/C23H28BrCl2N3O4S/c1-15(22(31)27-23(2,3)4)28(13-16-9-10-19(25)20(26)11-16)21(30)14-29(34(5,32)33)18-8-6-7-17(24)12-18/h6-12,15H,13-14H2,1-5H3,(H,27,31). The molecule has 1 atom stereocenters. The maximum Gasteiger partial charge on any atom is 0.244 e. The van der Waals surface area contributed by atoms with Crippen molar-refractivity contribution in [1.82, 2.24) is 10.2 Å². The molecule has 0 heterocycles. The van der Waals surface area contributed by atoms with Crippen molar-refractivity contribution in [3.63, 3.8) is 0 Å². The van der Waals surface area contributed by atoms with Crippen molar-refractivity contribution in [3.8, 4) is 0 Å². The third-order valence-electron chi connectivity index (χ3n) is 4.78. The number of hydrogen-bond acceptors (Lipinski definition) is 4. The summed E-state index contributed by atoms with van der Waals surface area (Å²) >= 11 is 15.5. The second-order valence-electron chi connectivity index (χ2n) is 8.93. The van der Waals surface area contributed by atoms with E-state index in [1.165, 1.54) is 4.90 Å². The summed E-state index contributed by atoms with van der Waals surface area (Å²) in [6.07, 6.45) is 1.03. The Morgan fingerprint density at radius 2 is 1.74 bits per heavy atom. The number of nitrogens with one attached hydrogen (secondary N) is 1. The highest BCUT2D eigenvalue weighted by Crippen LogP contribution is 2.25. The predicted octanol–water partition coefficient (Wildman–Crippen LogP) is 4.85. The topological polar surface area (TPSA) is 86.8 Å². The van der Waals surface area contributed by atoms with Crippen LogP contribution in [0.1, 0.15) is 33.3 Å². The number of halogens is 3. The fourth-order valence-corrected chi connectivity index (χ4v) is 4.69. The van der Waals surface area contributed by atoms with Crippen molar-refractivity contribution < 1.29 is 18.0 Å². The van der Waals surface area contributed by atoms with Crippen molar-refractivity contribution in [2.75, 3.05) is 17.1 Å². The summed E-state index contributed by atoms with van der Waals surface area (Å²) in [7, 11) is -3.80. The Labute approximate surface area is 219 Å². The number of amides is 2. The van der Waals surface area contributed by atoms with E-state index in [0.717, 1.165) is 10.6 Å². The van der Waals surface area contributed by atoms with Crippen LogP contribution in [0.15, 0.2) is 46.9 Å². The van der Waals surface area contributed by atoms with Gasteiger partial charge in [0.15, 0.2) is 0 Å². The van der Waals surface area contributed by atoms with E-state index in [1.54, 1.807) is 49.4 Å². The molecule has 0 aliphatic rings. The average Bonchev–Trinajstić information content (AvgIpc) is 2.70. The molecule has 186 valence electrons. The third-order valence-corrected chi connectivity index (χ3v) is 7.15. The van der Waals surface area contributed by atoms with Gasteiger partial charge in [-0.2, -0.15) is 0 Å². The molecule has 0 aliphatic carbocycles. The fourth-order valence-electron chi connectivity index (χ4n) is 3.14. The lowest BCUT2D eigenvalue weighted by molar-refractivity contribution is -0.140.